The number of carbonyl (C=O) groups excluding carboxylic acids is 1. The van der Waals surface area contributed by atoms with Gasteiger partial charge in [0.15, 0.2) is 0 Å². The Balaban J connectivity index is 0. The van der Waals surface area contributed by atoms with Crippen LogP contribution in [-0.2, 0) is 15.4 Å². The molecule has 0 atom stereocenters. The molecule has 0 aliphatic carbocycles. The Hall–Kier alpha value is -0.910. The van der Waals surface area contributed by atoms with Gasteiger partial charge in [0, 0.05) is 6.92 Å². The molecule has 8 heavy (non-hydrogen) atoms. The van der Waals surface area contributed by atoms with Crippen molar-refractivity contribution in [3.05, 3.63) is 0 Å². The Morgan fingerprint density at radius 2 is 1.38 bits per heavy atom. The second-order valence-electron chi connectivity index (χ2n) is 0.815. The van der Waals surface area contributed by atoms with Gasteiger partial charge in [-0.2, -0.15) is 0 Å². The van der Waals surface area contributed by atoms with E-state index in [0.717, 1.165) is 0 Å². The van der Waals surface area contributed by atoms with E-state index in [-0.39, 0.29) is 5.91 Å². The van der Waals surface area contributed by atoms with Gasteiger partial charge in [0.25, 0.3) is 0 Å². The number of rotatable bonds is 0. The molecule has 48 valence electrons. The van der Waals surface area contributed by atoms with Crippen molar-refractivity contribution < 1.29 is 17.4 Å². The van der Waals surface area contributed by atoms with Crippen molar-refractivity contribution in [3.8, 4) is 0 Å². The molecule has 0 aromatic rings. The molecule has 0 saturated carbocycles. The summed E-state index contributed by atoms with van der Waals surface area (Å²) in [4.78, 5) is 9.22. The highest BCUT2D eigenvalue weighted by Gasteiger charge is 1.61. The Labute approximate surface area is 47.6 Å². The van der Waals surface area contributed by atoms with Crippen LogP contribution in [0.1, 0.15) is 6.92 Å². The largest absolute Gasteiger partial charge is 0.425 e. The van der Waals surface area contributed by atoms with Crippen molar-refractivity contribution in [1.29, 1.82) is 0 Å². The van der Waals surface area contributed by atoms with E-state index in [0.29, 0.717) is 0 Å². The summed E-state index contributed by atoms with van der Waals surface area (Å²) in [5, 5.41) is 0. The molecule has 0 fully saturated rings. The molecule has 0 heterocycles. The van der Waals surface area contributed by atoms with Gasteiger partial charge < -0.3 is 5.73 Å². The smallest absolute Gasteiger partial charge is 0.370 e. The lowest BCUT2D eigenvalue weighted by Gasteiger charge is -1.60. The predicted molar refractivity (Wildman–Crippen MR) is 24.6 cm³/mol. The fourth-order valence-electron chi connectivity index (χ4n) is 0. The minimum atomic E-state index is -3.11. The van der Waals surface area contributed by atoms with Gasteiger partial charge in [-0.15, -0.1) is 12.6 Å². The number of hydrogen-bond acceptors (Lipinski definition) is 4. The molecule has 0 radical (unpaired) electrons. The van der Waals surface area contributed by atoms with Crippen molar-refractivity contribution in [2.75, 3.05) is 0 Å². The fourth-order valence-corrected chi connectivity index (χ4v) is 0. The molecule has 0 unspecified atom stereocenters. The number of amides is 1. The first kappa shape index (κ1) is 10.1. The van der Waals surface area contributed by atoms with Crippen molar-refractivity contribution >= 4 is 16.5 Å². The molecule has 0 aliphatic heterocycles. The van der Waals surface area contributed by atoms with E-state index < -0.39 is 10.6 Å². The third kappa shape index (κ3) is 103. The predicted octanol–water partition coefficient (Wildman–Crippen LogP) is -1.51. The van der Waals surface area contributed by atoms with Gasteiger partial charge in [-0.25, -0.2) is 0 Å². The van der Waals surface area contributed by atoms with Gasteiger partial charge in [0.05, 0.1) is 0 Å². The SMILES string of the molecule is CC(N)=O.O=S(=O)=O. The van der Waals surface area contributed by atoms with Crippen LogP contribution >= 0.6 is 0 Å². The average Bonchev–Trinajstić information content (AvgIpc) is 1.25. The third-order valence-electron chi connectivity index (χ3n) is 0. The summed E-state index contributed by atoms with van der Waals surface area (Å²) in [7, 11) is -3.11. The van der Waals surface area contributed by atoms with E-state index in [1.54, 1.807) is 0 Å². The summed E-state index contributed by atoms with van der Waals surface area (Å²) in [5.74, 6) is -0.333. The Morgan fingerprint density at radius 3 is 1.38 bits per heavy atom. The molecule has 0 rings (SSSR count). The lowest BCUT2D eigenvalue weighted by Crippen LogP contribution is -2.01. The summed E-state index contributed by atoms with van der Waals surface area (Å²) in [6.07, 6.45) is 0. The second-order valence-corrected chi connectivity index (χ2v) is 1.22. The van der Waals surface area contributed by atoms with E-state index in [2.05, 4.69) is 5.73 Å². The normalized spacial score (nSPS) is 6.12. The van der Waals surface area contributed by atoms with E-state index in [1.165, 1.54) is 6.92 Å². The molecule has 1 amide bonds. The van der Waals surface area contributed by atoms with Crippen molar-refractivity contribution in [2.45, 2.75) is 6.92 Å². The highest BCUT2D eigenvalue weighted by atomic mass is 32.2. The minimum absolute atomic E-state index is 0.333. The van der Waals surface area contributed by atoms with Gasteiger partial charge in [-0.3, -0.25) is 4.79 Å². The molecule has 0 bridgehead atoms. The van der Waals surface area contributed by atoms with Gasteiger partial charge in [0.1, 0.15) is 0 Å². The highest BCUT2D eigenvalue weighted by Crippen LogP contribution is 1.33. The van der Waals surface area contributed by atoms with E-state index in [4.69, 9.17) is 12.6 Å². The molecule has 5 nitrogen and oxygen atoms in total. The van der Waals surface area contributed by atoms with Crippen LogP contribution in [0.4, 0.5) is 0 Å². The van der Waals surface area contributed by atoms with Crippen LogP contribution in [0.5, 0.6) is 0 Å². The molecule has 0 aliphatic rings. The highest BCUT2D eigenvalue weighted by molar-refractivity contribution is 7.59. The quantitative estimate of drug-likeness (QED) is 0.441. The molecule has 0 aromatic heterocycles. The third-order valence-corrected chi connectivity index (χ3v) is 0. The van der Waals surface area contributed by atoms with Crippen molar-refractivity contribution in [2.24, 2.45) is 5.73 Å². The molecular weight excluding hydrogens is 134 g/mol. The summed E-state index contributed by atoms with van der Waals surface area (Å²) < 4.78 is 25.3. The molecule has 0 aromatic carbocycles. The van der Waals surface area contributed by atoms with Crippen LogP contribution in [-0.4, -0.2) is 18.5 Å². The molecule has 6 heteroatoms. The lowest BCUT2D eigenvalue weighted by molar-refractivity contribution is -0.115. The Morgan fingerprint density at radius 1 is 1.38 bits per heavy atom. The fraction of sp³-hybridized carbons (Fsp3) is 0.500. The van der Waals surface area contributed by atoms with Crippen LogP contribution in [0, 0.1) is 0 Å². The van der Waals surface area contributed by atoms with Gasteiger partial charge in [-0.1, -0.05) is 0 Å². The Bertz CT molecular complexity index is 143. The first-order valence-electron chi connectivity index (χ1n) is 1.49. The standard InChI is InChI=1S/C2H5NO.O3S/c1-2(3)4;1-4(2)3/h1H3,(H2,3,4);. The summed E-state index contributed by atoms with van der Waals surface area (Å²) in [6, 6.07) is 0. The van der Waals surface area contributed by atoms with Gasteiger partial charge in [0.2, 0.25) is 5.91 Å². The van der Waals surface area contributed by atoms with Gasteiger partial charge in [-0.05, 0) is 0 Å². The molecule has 2 N–H and O–H groups in total. The maximum absolute atomic E-state index is 9.22. The van der Waals surface area contributed by atoms with Crippen LogP contribution in [0.2, 0.25) is 0 Å². The summed E-state index contributed by atoms with van der Waals surface area (Å²) >= 11 is 0. The number of carbonyl (C=O) groups is 1. The monoisotopic (exact) mass is 139 g/mol. The van der Waals surface area contributed by atoms with Crippen LogP contribution in [0.15, 0.2) is 0 Å². The minimum Gasteiger partial charge on any atom is -0.370 e. The summed E-state index contributed by atoms with van der Waals surface area (Å²) in [5.41, 5.74) is 4.47. The number of hydrogen-bond donors (Lipinski definition) is 1. The van der Waals surface area contributed by atoms with Crippen LogP contribution in [0.25, 0.3) is 0 Å². The maximum atomic E-state index is 9.22. The topological polar surface area (TPSA) is 94.3 Å². The molecule has 0 spiro atoms. The maximum Gasteiger partial charge on any atom is 0.425 e. The van der Waals surface area contributed by atoms with Crippen molar-refractivity contribution in [3.63, 3.8) is 0 Å². The zero-order valence-electron chi connectivity index (χ0n) is 4.12. The zero-order chi connectivity index (χ0) is 7.15. The second kappa shape index (κ2) is 6.09. The van der Waals surface area contributed by atoms with Crippen molar-refractivity contribution in [1.82, 2.24) is 0 Å². The average molecular weight is 139 g/mol. The zero-order valence-corrected chi connectivity index (χ0v) is 4.94. The number of primary amides is 1. The lowest BCUT2D eigenvalue weighted by atomic mass is 10.8. The molecular formula is C2H5NO4S. The van der Waals surface area contributed by atoms with E-state index in [9.17, 15) is 4.79 Å². The number of nitrogens with two attached hydrogens (primary N) is 1. The van der Waals surface area contributed by atoms with Crippen LogP contribution < -0.4 is 5.73 Å². The van der Waals surface area contributed by atoms with Gasteiger partial charge >= 0.3 is 10.6 Å². The summed E-state index contributed by atoms with van der Waals surface area (Å²) in [6.45, 7) is 1.31. The first-order chi connectivity index (χ1) is 3.46. The van der Waals surface area contributed by atoms with E-state index >= 15 is 0 Å². The van der Waals surface area contributed by atoms with Crippen LogP contribution in [0.3, 0.4) is 0 Å². The first-order valence-corrected chi connectivity index (χ1v) is 2.49. The molecule has 0 saturated heterocycles. The Kier molecular flexibility index (Phi) is 7.73. The van der Waals surface area contributed by atoms with E-state index in [1.807, 2.05) is 0 Å².